The standard InChI is InChI=1S/C25H31ClN4O6S/c1-17(32)28-8-11-30(37(34,35)21-6-4-18-13-20(26)5-3-19(18)14-21)22-7-10-29(24(22)33)23(15-31)25(2)16-27-9-12-36-25/h3-6,13-15,22-23,27H,7-12,16H2,1-2H3,(H,28,32)/t22-,23+,25?/m0/s1. The van der Waals surface area contributed by atoms with E-state index in [4.69, 9.17) is 16.3 Å². The number of fused-ring (bicyclic) bond motifs is 1. The molecular weight excluding hydrogens is 520 g/mol. The zero-order valence-corrected chi connectivity index (χ0v) is 22.3. The first kappa shape index (κ1) is 27.5. The third-order valence-corrected chi connectivity index (χ3v) is 9.06. The number of carbonyl (C=O) groups excluding carboxylic acids is 3. The van der Waals surface area contributed by atoms with E-state index in [1.165, 1.54) is 17.9 Å². The Morgan fingerprint density at radius 1 is 1.32 bits per heavy atom. The zero-order valence-electron chi connectivity index (χ0n) is 20.8. The van der Waals surface area contributed by atoms with Crippen LogP contribution in [0.1, 0.15) is 20.3 Å². The molecule has 10 nitrogen and oxygen atoms in total. The molecule has 0 saturated carbocycles. The first-order valence-electron chi connectivity index (χ1n) is 12.1. The number of morpholine rings is 1. The molecule has 2 aromatic rings. The summed E-state index contributed by atoms with van der Waals surface area (Å²) in [5.74, 6) is -0.776. The lowest BCUT2D eigenvalue weighted by Gasteiger charge is -2.42. The first-order chi connectivity index (χ1) is 17.6. The summed E-state index contributed by atoms with van der Waals surface area (Å²) in [5.41, 5.74) is -0.927. The fourth-order valence-corrected chi connectivity index (χ4v) is 6.82. The minimum absolute atomic E-state index is 0.0233. The predicted octanol–water partition coefficient (Wildman–Crippen LogP) is 1.17. The number of likely N-dealkylation sites (tertiary alicyclic amines) is 1. The van der Waals surface area contributed by atoms with Gasteiger partial charge in [-0.1, -0.05) is 23.7 Å². The molecule has 37 heavy (non-hydrogen) atoms. The van der Waals surface area contributed by atoms with Crippen LogP contribution < -0.4 is 10.6 Å². The molecule has 2 N–H and O–H groups in total. The van der Waals surface area contributed by atoms with Crippen molar-refractivity contribution >= 4 is 50.5 Å². The average molecular weight is 551 g/mol. The van der Waals surface area contributed by atoms with Crippen molar-refractivity contribution in [2.24, 2.45) is 0 Å². The van der Waals surface area contributed by atoms with Crippen molar-refractivity contribution in [2.45, 2.75) is 42.8 Å². The van der Waals surface area contributed by atoms with Gasteiger partial charge < -0.3 is 25.1 Å². The van der Waals surface area contributed by atoms with Crippen LogP contribution in [0.2, 0.25) is 5.02 Å². The van der Waals surface area contributed by atoms with Crippen molar-refractivity contribution in [1.82, 2.24) is 19.8 Å². The topological polar surface area (TPSA) is 125 Å². The van der Waals surface area contributed by atoms with Gasteiger partial charge in [-0.05, 0) is 48.4 Å². The summed E-state index contributed by atoms with van der Waals surface area (Å²) in [7, 11) is -4.14. The minimum Gasteiger partial charge on any atom is -0.370 e. The number of sulfonamides is 1. The second kappa shape index (κ2) is 11.0. The van der Waals surface area contributed by atoms with Gasteiger partial charge in [0.2, 0.25) is 21.8 Å². The molecule has 4 rings (SSSR count). The quantitative estimate of drug-likeness (QED) is 0.449. The fourth-order valence-electron chi connectivity index (χ4n) is 4.99. The third-order valence-electron chi connectivity index (χ3n) is 6.92. The number of rotatable bonds is 9. The van der Waals surface area contributed by atoms with Gasteiger partial charge in [0, 0.05) is 44.7 Å². The normalized spacial score (nSPS) is 23.4. The van der Waals surface area contributed by atoms with E-state index in [-0.39, 0.29) is 36.9 Å². The number of ether oxygens (including phenoxy) is 1. The molecule has 0 bridgehead atoms. The molecule has 12 heteroatoms. The summed E-state index contributed by atoms with van der Waals surface area (Å²) in [4.78, 5) is 38.7. The van der Waals surface area contributed by atoms with E-state index in [9.17, 15) is 22.8 Å². The van der Waals surface area contributed by atoms with Crippen molar-refractivity contribution in [2.75, 3.05) is 39.3 Å². The summed E-state index contributed by atoms with van der Waals surface area (Å²) in [6.45, 7) is 4.66. The van der Waals surface area contributed by atoms with E-state index in [2.05, 4.69) is 10.6 Å². The van der Waals surface area contributed by atoms with Crippen LogP contribution in [0.3, 0.4) is 0 Å². The van der Waals surface area contributed by atoms with Gasteiger partial charge in [0.25, 0.3) is 0 Å². The molecule has 200 valence electrons. The molecule has 2 amide bonds. The maximum Gasteiger partial charge on any atom is 0.243 e. The smallest absolute Gasteiger partial charge is 0.243 e. The Kier molecular flexibility index (Phi) is 8.20. The number of benzene rings is 2. The molecule has 0 aliphatic carbocycles. The van der Waals surface area contributed by atoms with Gasteiger partial charge in [0.15, 0.2) is 0 Å². The Labute approximate surface area is 221 Å². The molecule has 2 heterocycles. The van der Waals surface area contributed by atoms with E-state index in [1.807, 2.05) is 0 Å². The van der Waals surface area contributed by atoms with Gasteiger partial charge in [0.05, 0.1) is 11.5 Å². The van der Waals surface area contributed by atoms with Crippen molar-refractivity contribution in [3.63, 3.8) is 0 Å². The Balaban J connectivity index is 1.65. The van der Waals surface area contributed by atoms with E-state index in [0.29, 0.717) is 36.4 Å². The number of aldehydes is 1. The number of hydrogen-bond acceptors (Lipinski definition) is 7. The van der Waals surface area contributed by atoms with E-state index < -0.39 is 33.6 Å². The van der Waals surface area contributed by atoms with Crippen LogP contribution in [-0.4, -0.2) is 92.7 Å². The van der Waals surface area contributed by atoms with Gasteiger partial charge >= 0.3 is 0 Å². The van der Waals surface area contributed by atoms with Crippen LogP contribution in [0.5, 0.6) is 0 Å². The average Bonchev–Trinajstić information content (AvgIpc) is 3.22. The van der Waals surface area contributed by atoms with E-state index >= 15 is 0 Å². The molecule has 2 saturated heterocycles. The summed E-state index contributed by atoms with van der Waals surface area (Å²) in [6.07, 6.45) is 0.896. The van der Waals surface area contributed by atoms with Gasteiger partial charge in [-0.2, -0.15) is 4.31 Å². The maximum atomic E-state index is 13.9. The first-order valence-corrected chi connectivity index (χ1v) is 13.9. The number of halogens is 1. The van der Waals surface area contributed by atoms with Gasteiger partial charge in [-0.3, -0.25) is 9.59 Å². The number of nitrogens with zero attached hydrogens (tertiary/aromatic N) is 2. The van der Waals surface area contributed by atoms with Gasteiger partial charge in [0.1, 0.15) is 24.0 Å². The molecule has 1 unspecified atom stereocenters. The van der Waals surface area contributed by atoms with Crippen LogP contribution in [0.4, 0.5) is 0 Å². The highest BCUT2D eigenvalue weighted by Gasteiger charge is 2.49. The lowest BCUT2D eigenvalue weighted by Crippen LogP contribution is -2.62. The van der Waals surface area contributed by atoms with Crippen molar-refractivity contribution < 1.29 is 27.5 Å². The Hall–Kier alpha value is -2.57. The molecule has 0 spiro atoms. The highest BCUT2D eigenvalue weighted by molar-refractivity contribution is 7.89. The lowest BCUT2D eigenvalue weighted by atomic mass is 9.94. The second-order valence-electron chi connectivity index (χ2n) is 9.51. The second-order valence-corrected chi connectivity index (χ2v) is 11.8. The highest BCUT2D eigenvalue weighted by atomic mass is 35.5. The van der Waals surface area contributed by atoms with Crippen LogP contribution in [0.25, 0.3) is 10.8 Å². The van der Waals surface area contributed by atoms with Gasteiger partial charge in [-0.25, -0.2) is 8.42 Å². The number of amides is 2. The maximum absolute atomic E-state index is 13.9. The lowest BCUT2D eigenvalue weighted by molar-refractivity contribution is -0.150. The third kappa shape index (κ3) is 5.65. The molecule has 0 aromatic heterocycles. The molecular formula is C25H31ClN4O6S. The zero-order chi connectivity index (χ0) is 26.8. The molecule has 2 aliphatic heterocycles. The summed E-state index contributed by atoms with van der Waals surface area (Å²) in [6, 6.07) is 7.94. The molecule has 2 aromatic carbocycles. The molecule has 2 aliphatic rings. The number of carbonyl (C=O) groups is 3. The minimum atomic E-state index is -4.14. The molecule has 0 radical (unpaired) electrons. The van der Waals surface area contributed by atoms with E-state index in [0.717, 1.165) is 9.69 Å². The molecule has 3 atom stereocenters. The molecule has 2 fully saturated rings. The Bertz CT molecular complexity index is 1300. The SMILES string of the molecule is CC(=O)NCCN([C@H]1CCN([C@H](C=O)C2(C)CNCCO2)C1=O)S(=O)(=O)c1ccc2cc(Cl)ccc2c1. The van der Waals surface area contributed by atoms with Crippen LogP contribution in [0, 0.1) is 0 Å². The Morgan fingerprint density at radius 2 is 2.05 bits per heavy atom. The van der Waals surface area contributed by atoms with Crippen LogP contribution in [0.15, 0.2) is 41.3 Å². The van der Waals surface area contributed by atoms with Crippen molar-refractivity contribution in [3.05, 3.63) is 41.4 Å². The largest absolute Gasteiger partial charge is 0.370 e. The van der Waals surface area contributed by atoms with Crippen LogP contribution >= 0.6 is 11.6 Å². The summed E-state index contributed by atoms with van der Waals surface area (Å²) < 4.78 is 34.8. The van der Waals surface area contributed by atoms with Crippen LogP contribution in [-0.2, 0) is 29.1 Å². The summed E-state index contributed by atoms with van der Waals surface area (Å²) in [5, 5.41) is 7.79. The summed E-state index contributed by atoms with van der Waals surface area (Å²) >= 11 is 6.06. The van der Waals surface area contributed by atoms with E-state index in [1.54, 1.807) is 37.3 Å². The predicted molar refractivity (Wildman–Crippen MR) is 139 cm³/mol. The number of nitrogens with one attached hydrogen (secondary N) is 2. The van der Waals surface area contributed by atoms with Crippen molar-refractivity contribution in [3.8, 4) is 0 Å². The monoisotopic (exact) mass is 550 g/mol. The number of hydrogen-bond donors (Lipinski definition) is 2. The van der Waals surface area contributed by atoms with Crippen molar-refractivity contribution in [1.29, 1.82) is 0 Å². The fraction of sp³-hybridized carbons (Fsp3) is 0.480. The highest BCUT2D eigenvalue weighted by Crippen LogP contribution is 2.31. The Morgan fingerprint density at radius 3 is 2.73 bits per heavy atom. The van der Waals surface area contributed by atoms with Gasteiger partial charge in [-0.15, -0.1) is 0 Å².